The van der Waals surface area contributed by atoms with Crippen LogP contribution in [0.25, 0.3) is 0 Å². The Bertz CT molecular complexity index is 1010. The fourth-order valence-electron chi connectivity index (χ4n) is 6.47. The predicted molar refractivity (Wildman–Crippen MR) is 114 cm³/mol. The lowest BCUT2D eigenvalue weighted by atomic mass is 9.75. The summed E-state index contributed by atoms with van der Waals surface area (Å²) in [5.41, 5.74) is 8.07. The van der Waals surface area contributed by atoms with Crippen molar-refractivity contribution in [3.63, 3.8) is 0 Å². The van der Waals surface area contributed by atoms with Crippen LogP contribution in [0, 0.1) is 53.4 Å². The zero-order valence-electron chi connectivity index (χ0n) is 18.9. The summed E-state index contributed by atoms with van der Waals surface area (Å²) in [5, 5.41) is 0. The molecule has 0 bridgehead atoms. The molecule has 0 aromatic heterocycles. The van der Waals surface area contributed by atoms with Crippen molar-refractivity contribution < 1.29 is 23.8 Å². The molecule has 3 aliphatic rings. The van der Waals surface area contributed by atoms with E-state index in [1.807, 2.05) is 41.5 Å². The van der Waals surface area contributed by atoms with E-state index in [1.165, 1.54) is 0 Å². The van der Waals surface area contributed by atoms with E-state index in [0.29, 0.717) is 0 Å². The van der Waals surface area contributed by atoms with Crippen molar-refractivity contribution >= 4 is 11.9 Å². The second kappa shape index (κ2) is 6.42. The Kier molecular flexibility index (Phi) is 4.20. The quantitative estimate of drug-likeness (QED) is 0.659. The first-order valence-corrected chi connectivity index (χ1v) is 10.9. The molecular weight excluding hydrogens is 392 g/mol. The number of hydrogen-bond donors (Lipinski definition) is 0. The number of rotatable bonds is 2. The highest BCUT2D eigenvalue weighted by Crippen LogP contribution is 2.66. The van der Waals surface area contributed by atoms with Crippen molar-refractivity contribution in [2.24, 2.45) is 11.8 Å². The maximum absolute atomic E-state index is 12.6. The monoisotopic (exact) mass is 420 g/mol. The zero-order valence-corrected chi connectivity index (χ0v) is 18.9. The van der Waals surface area contributed by atoms with Crippen LogP contribution in [-0.4, -0.2) is 11.9 Å². The maximum Gasteiger partial charge on any atom is 0.309 e. The van der Waals surface area contributed by atoms with Crippen molar-refractivity contribution in [3.8, 4) is 0 Å². The van der Waals surface area contributed by atoms with Crippen LogP contribution in [0.15, 0.2) is 24.3 Å². The highest BCUT2D eigenvalue weighted by molar-refractivity contribution is 5.77. The summed E-state index contributed by atoms with van der Waals surface area (Å²) in [7, 11) is 0. The number of benzene rings is 2. The van der Waals surface area contributed by atoms with Crippen molar-refractivity contribution in [2.45, 2.75) is 66.0 Å². The first kappa shape index (κ1) is 20.3. The van der Waals surface area contributed by atoms with E-state index in [2.05, 4.69) is 24.3 Å². The molecular formula is C26H28O5. The second-order valence-corrected chi connectivity index (χ2v) is 9.55. The number of aryl methyl sites for hydroxylation is 6. The molecule has 0 saturated carbocycles. The third-order valence-electron chi connectivity index (χ3n) is 7.12. The Hall–Kier alpha value is -2.66. The van der Waals surface area contributed by atoms with Gasteiger partial charge in [-0.25, -0.2) is 0 Å². The van der Waals surface area contributed by atoms with Crippen LogP contribution in [0.4, 0.5) is 0 Å². The summed E-state index contributed by atoms with van der Waals surface area (Å²) in [5.74, 6) is -3.70. The second-order valence-electron chi connectivity index (χ2n) is 9.55. The molecule has 0 radical (unpaired) electrons. The van der Waals surface area contributed by atoms with E-state index in [9.17, 15) is 9.59 Å². The molecule has 3 fully saturated rings. The highest BCUT2D eigenvalue weighted by Gasteiger charge is 2.74. The lowest BCUT2D eigenvalue weighted by Crippen LogP contribution is -2.38. The molecule has 5 heteroatoms. The van der Waals surface area contributed by atoms with Crippen LogP contribution < -0.4 is 0 Å². The van der Waals surface area contributed by atoms with Crippen molar-refractivity contribution in [1.29, 1.82) is 0 Å². The van der Waals surface area contributed by atoms with Gasteiger partial charge in [0.2, 0.25) is 11.6 Å². The fourth-order valence-corrected chi connectivity index (χ4v) is 6.47. The molecule has 0 amide bonds. The smallest absolute Gasteiger partial charge is 0.309 e. The zero-order chi connectivity index (χ0) is 22.3. The van der Waals surface area contributed by atoms with Crippen molar-refractivity contribution in [1.82, 2.24) is 0 Å². The lowest BCUT2D eigenvalue weighted by molar-refractivity contribution is -0.307. The molecule has 4 unspecified atom stereocenters. The van der Waals surface area contributed by atoms with Crippen molar-refractivity contribution in [3.05, 3.63) is 68.8 Å². The van der Waals surface area contributed by atoms with Gasteiger partial charge in [0.1, 0.15) is 0 Å². The molecule has 31 heavy (non-hydrogen) atoms. The van der Waals surface area contributed by atoms with Gasteiger partial charge in [-0.05, 0) is 63.8 Å². The topological polar surface area (TPSA) is 61.8 Å². The van der Waals surface area contributed by atoms with Crippen LogP contribution >= 0.6 is 0 Å². The third-order valence-corrected chi connectivity index (χ3v) is 7.12. The minimum Gasteiger partial charge on any atom is -0.428 e. The summed E-state index contributed by atoms with van der Waals surface area (Å²) in [4.78, 5) is 25.2. The van der Waals surface area contributed by atoms with Gasteiger partial charge in [0.15, 0.2) is 0 Å². The van der Waals surface area contributed by atoms with Crippen LogP contribution in [0.3, 0.4) is 0 Å². The molecule has 4 atom stereocenters. The van der Waals surface area contributed by atoms with Crippen LogP contribution in [0.1, 0.15) is 57.3 Å². The SMILES string of the molecule is Cc1cc(C)c(C23OC(=O)CC2C2CC(=O)OC2(c2c(C)cc(C)cc2C)O3)c(C)c1. The molecule has 3 heterocycles. The molecule has 2 aromatic rings. The summed E-state index contributed by atoms with van der Waals surface area (Å²) >= 11 is 0. The van der Waals surface area contributed by atoms with Gasteiger partial charge in [-0.2, -0.15) is 0 Å². The van der Waals surface area contributed by atoms with E-state index in [-0.39, 0.29) is 36.6 Å². The summed E-state index contributed by atoms with van der Waals surface area (Å²) in [6.45, 7) is 12.2. The number of ether oxygens (including phenoxy) is 3. The molecule has 3 aliphatic heterocycles. The number of carbonyl (C=O) groups excluding carboxylic acids is 2. The van der Waals surface area contributed by atoms with Gasteiger partial charge in [-0.15, -0.1) is 0 Å². The van der Waals surface area contributed by atoms with E-state index < -0.39 is 11.6 Å². The number of carbonyl (C=O) groups is 2. The molecule has 3 saturated heterocycles. The largest absolute Gasteiger partial charge is 0.428 e. The fraction of sp³-hybridized carbons (Fsp3) is 0.462. The summed E-state index contributed by atoms with van der Waals surface area (Å²) < 4.78 is 18.9. The first-order valence-electron chi connectivity index (χ1n) is 10.9. The predicted octanol–water partition coefficient (Wildman–Crippen LogP) is 4.70. The van der Waals surface area contributed by atoms with Crippen LogP contribution in [-0.2, 0) is 35.4 Å². The molecule has 2 aromatic carbocycles. The molecule has 162 valence electrons. The molecule has 0 spiro atoms. The maximum atomic E-state index is 12.6. The van der Waals surface area contributed by atoms with Gasteiger partial charge in [-0.1, -0.05) is 35.4 Å². The van der Waals surface area contributed by atoms with Gasteiger partial charge in [-0.3, -0.25) is 14.3 Å². The van der Waals surface area contributed by atoms with Gasteiger partial charge in [0.05, 0.1) is 24.7 Å². The van der Waals surface area contributed by atoms with E-state index in [1.54, 1.807) is 0 Å². The Morgan fingerprint density at radius 1 is 0.645 bits per heavy atom. The summed E-state index contributed by atoms with van der Waals surface area (Å²) in [6, 6.07) is 8.33. The first-order chi connectivity index (χ1) is 14.6. The van der Waals surface area contributed by atoms with Gasteiger partial charge in [0.25, 0.3) is 0 Å². The van der Waals surface area contributed by atoms with Crippen LogP contribution in [0.2, 0.25) is 0 Å². The van der Waals surface area contributed by atoms with E-state index in [4.69, 9.17) is 14.2 Å². The minimum absolute atomic E-state index is 0.208. The lowest BCUT2D eigenvalue weighted by Gasteiger charge is -2.35. The Balaban J connectivity index is 1.77. The Labute approximate surface area is 182 Å². The highest BCUT2D eigenvalue weighted by atomic mass is 16.8. The van der Waals surface area contributed by atoms with Gasteiger partial charge in [0, 0.05) is 11.1 Å². The average Bonchev–Trinajstić information content (AvgIpc) is 3.16. The number of esters is 2. The number of fused-ring (bicyclic) bond motifs is 3. The van der Waals surface area contributed by atoms with Gasteiger partial charge < -0.3 is 9.47 Å². The standard InChI is InChI=1S/C26H28O5/c1-13-7-15(3)23(16(4)8-13)25-19(11-21(27)29-25)20-12-22(28)30-26(20,31-25)24-17(5)9-14(2)10-18(24)6/h7-10,19-20H,11-12H2,1-6H3. The normalized spacial score (nSPS) is 31.4. The van der Waals surface area contributed by atoms with E-state index >= 15 is 0 Å². The minimum atomic E-state index is -1.26. The van der Waals surface area contributed by atoms with E-state index in [0.717, 1.165) is 44.5 Å². The average molecular weight is 421 g/mol. The Morgan fingerprint density at radius 3 is 1.29 bits per heavy atom. The van der Waals surface area contributed by atoms with Crippen LogP contribution in [0.5, 0.6) is 0 Å². The molecule has 5 rings (SSSR count). The molecule has 0 aliphatic carbocycles. The summed E-state index contributed by atoms with van der Waals surface area (Å²) in [6.07, 6.45) is 0.416. The molecule has 0 N–H and O–H groups in total. The Morgan fingerprint density at radius 2 is 0.968 bits per heavy atom. The van der Waals surface area contributed by atoms with Crippen molar-refractivity contribution in [2.75, 3.05) is 0 Å². The van der Waals surface area contributed by atoms with Gasteiger partial charge >= 0.3 is 11.9 Å². The third kappa shape index (κ3) is 2.65. The number of hydrogen-bond acceptors (Lipinski definition) is 5. The molecule has 5 nitrogen and oxygen atoms in total.